The van der Waals surface area contributed by atoms with Crippen molar-refractivity contribution < 1.29 is 9.53 Å². The van der Waals surface area contributed by atoms with Gasteiger partial charge in [0, 0.05) is 6.54 Å². The first kappa shape index (κ1) is 18.1. The number of aryl methyl sites for hydroxylation is 2. The molecule has 2 aromatic carbocycles. The van der Waals surface area contributed by atoms with Gasteiger partial charge in [0.25, 0.3) is 5.91 Å². The van der Waals surface area contributed by atoms with Gasteiger partial charge in [-0.2, -0.15) is 4.99 Å². The van der Waals surface area contributed by atoms with E-state index in [2.05, 4.69) is 37.6 Å². The van der Waals surface area contributed by atoms with Crippen LogP contribution >= 0.6 is 11.3 Å². The van der Waals surface area contributed by atoms with Gasteiger partial charge in [0.15, 0.2) is 4.80 Å². The maximum absolute atomic E-state index is 12.5. The first-order chi connectivity index (χ1) is 12.5. The fraction of sp³-hybridized carbons (Fsp3) is 0.238. The fourth-order valence-electron chi connectivity index (χ4n) is 2.82. The summed E-state index contributed by atoms with van der Waals surface area (Å²) in [6.45, 7) is 8.64. The van der Waals surface area contributed by atoms with Gasteiger partial charge in [-0.25, -0.2) is 0 Å². The summed E-state index contributed by atoms with van der Waals surface area (Å²) in [5, 5.41) is 0. The zero-order chi connectivity index (χ0) is 18.7. The lowest BCUT2D eigenvalue weighted by Gasteiger charge is -2.04. The molecule has 3 rings (SSSR count). The molecule has 0 bridgehead atoms. The Bertz CT molecular complexity index is 1040. The number of thiazole rings is 1. The molecule has 0 unspecified atom stereocenters. The van der Waals surface area contributed by atoms with Gasteiger partial charge in [-0.05, 0) is 54.8 Å². The van der Waals surface area contributed by atoms with Crippen molar-refractivity contribution in [2.24, 2.45) is 4.99 Å². The van der Waals surface area contributed by atoms with Crippen LogP contribution < -0.4 is 9.54 Å². The summed E-state index contributed by atoms with van der Waals surface area (Å²) in [5.74, 6) is 0.570. The van der Waals surface area contributed by atoms with Crippen LogP contribution in [0.25, 0.3) is 10.2 Å². The van der Waals surface area contributed by atoms with Crippen molar-refractivity contribution in [3.63, 3.8) is 0 Å². The Hall–Kier alpha value is -2.66. The molecule has 134 valence electrons. The van der Waals surface area contributed by atoms with Crippen LogP contribution in [0.1, 0.15) is 16.7 Å². The predicted molar refractivity (Wildman–Crippen MR) is 107 cm³/mol. The van der Waals surface area contributed by atoms with Crippen molar-refractivity contribution in [1.82, 2.24) is 4.57 Å². The number of methoxy groups -OCH3 is 1. The van der Waals surface area contributed by atoms with Gasteiger partial charge in [0.2, 0.25) is 0 Å². The molecule has 0 aliphatic carbocycles. The maximum atomic E-state index is 12.5. The molecule has 0 saturated heterocycles. The number of benzene rings is 2. The fourth-order valence-corrected chi connectivity index (χ4v) is 3.95. The van der Waals surface area contributed by atoms with Crippen molar-refractivity contribution in [1.29, 1.82) is 0 Å². The minimum absolute atomic E-state index is 0.170. The van der Waals surface area contributed by atoms with E-state index in [-0.39, 0.29) is 12.3 Å². The van der Waals surface area contributed by atoms with Crippen molar-refractivity contribution in [3.05, 3.63) is 70.5 Å². The van der Waals surface area contributed by atoms with E-state index in [0.29, 0.717) is 11.3 Å². The molecule has 0 N–H and O–H groups in total. The van der Waals surface area contributed by atoms with Crippen molar-refractivity contribution in [2.75, 3.05) is 7.11 Å². The van der Waals surface area contributed by atoms with E-state index >= 15 is 0 Å². The molecule has 0 fully saturated rings. The third-order valence-corrected chi connectivity index (χ3v) is 5.36. The number of rotatable bonds is 5. The molecule has 1 heterocycles. The first-order valence-corrected chi connectivity index (χ1v) is 9.25. The average molecular weight is 366 g/mol. The van der Waals surface area contributed by atoms with Crippen molar-refractivity contribution in [2.45, 2.75) is 26.8 Å². The molecule has 26 heavy (non-hydrogen) atoms. The largest absolute Gasteiger partial charge is 0.497 e. The minimum Gasteiger partial charge on any atom is -0.497 e. The summed E-state index contributed by atoms with van der Waals surface area (Å²) in [7, 11) is 1.62. The van der Waals surface area contributed by atoms with Gasteiger partial charge >= 0.3 is 0 Å². The van der Waals surface area contributed by atoms with Gasteiger partial charge in [-0.1, -0.05) is 29.5 Å². The van der Waals surface area contributed by atoms with Crippen LogP contribution in [0.2, 0.25) is 0 Å². The first-order valence-electron chi connectivity index (χ1n) is 8.44. The lowest BCUT2D eigenvalue weighted by atomic mass is 10.1. The predicted octanol–water partition coefficient (Wildman–Crippen LogP) is 4.18. The van der Waals surface area contributed by atoms with Crippen LogP contribution in [0, 0.1) is 13.8 Å². The number of aromatic nitrogens is 1. The smallest absolute Gasteiger partial charge is 0.252 e. The third kappa shape index (κ3) is 3.78. The van der Waals surface area contributed by atoms with Crippen LogP contribution in [-0.2, 0) is 17.8 Å². The minimum atomic E-state index is -0.170. The highest BCUT2D eigenvalue weighted by molar-refractivity contribution is 7.16. The van der Waals surface area contributed by atoms with Crippen molar-refractivity contribution >= 4 is 27.5 Å². The van der Waals surface area contributed by atoms with E-state index in [9.17, 15) is 4.79 Å². The molecular formula is C21H22N2O2S. The highest BCUT2D eigenvalue weighted by Gasteiger charge is 2.09. The second-order valence-corrected chi connectivity index (χ2v) is 7.23. The van der Waals surface area contributed by atoms with E-state index in [0.717, 1.165) is 21.5 Å². The van der Waals surface area contributed by atoms with Crippen LogP contribution in [-0.4, -0.2) is 17.6 Å². The SMILES string of the molecule is C=CCn1c(=NC(=O)Cc2cccc(OC)c2)sc2cc(C)c(C)cc21. The number of fused-ring (bicyclic) bond motifs is 1. The Morgan fingerprint density at radius 1 is 1.27 bits per heavy atom. The van der Waals surface area contributed by atoms with E-state index in [1.807, 2.05) is 34.9 Å². The molecular weight excluding hydrogens is 344 g/mol. The summed E-state index contributed by atoms with van der Waals surface area (Å²) >= 11 is 1.54. The molecule has 0 radical (unpaired) electrons. The number of carbonyl (C=O) groups is 1. The zero-order valence-corrected chi connectivity index (χ0v) is 16.1. The molecule has 0 aliphatic rings. The Morgan fingerprint density at radius 2 is 2.04 bits per heavy atom. The molecule has 1 amide bonds. The summed E-state index contributed by atoms with van der Waals surface area (Å²) in [6.07, 6.45) is 2.07. The van der Waals surface area contributed by atoms with Crippen LogP contribution in [0.3, 0.4) is 0 Å². The molecule has 5 heteroatoms. The molecule has 3 aromatic rings. The molecule has 0 spiro atoms. The van der Waals surface area contributed by atoms with E-state index in [4.69, 9.17) is 4.74 Å². The Balaban J connectivity index is 2.00. The lowest BCUT2D eigenvalue weighted by Crippen LogP contribution is -2.17. The number of amides is 1. The van der Waals surface area contributed by atoms with E-state index < -0.39 is 0 Å². The summed E-state index contributed by atoms with van der Waals surface area (Å²) in [4.78, 5) is 17.6. The number of carbonyl (C=O) groups excluding carboxylic acids is 1. The number of hydrogen-bond acceptors (Lipinski definition) is 3. The molecule has 0 saturated carbocycles. The number of ether oxygens (including phenoxy) is 1. The second-order valence-electron chi connectivity index (χ2n) is 6.22. The van der Waals surface area contributed by atoms with E-state index in [1.54, 1.807) is 7.11 Å². The number of nitrogens with zero attached hydrogens (tertiary/aromatic N) is 2. The van der Waals surface area contributed by atoms with Gasteiger partial charge in [0.1, 0.15) is 5.75 Å². The van der Waals surface area contributed by atoms with Gasteiger partial charge < -0.3 is 9.30 Å². The highest BCUT2D eigenvalue weighted by atomic mass is 32.1. The van der Waals surface area contributed by atoms with Gasteiger partial charge in [-0.15, -0.1) is 6.58 Å². The second kappa shape index (κ2) is 7.70. The maximum Gasteiger partial charge on any atom is 0.252 e. The standard InChI is InChI=1S/C21H22N2O2S/c1-5-9-23-18-10-14(2)15(3)11-19(18)26-21(23)22-20(24)13-16-7-6-8-17(12-16)25-4/h5-8,10-12H,1,9,13H2,2-4H3. The summed E-state index contributed by atoms with van der Waals surface area (Å²) in [5.41, 5.74) is 4.44. The third-order valence-electron chi connectivity index (χ3n) is 4.32. The average Bonchev–Trinajstić information content (AvgIpc) is 2.92. The van der Waals surface area contributed by atoms with Gasteiger partial charge in [-0.3, -0.25) is 4.79 Å². The monoisotopic (exact) mass is 366 g/mol. The number of allylic oxidation sites excluding steroid dienone is 1. The molecule has 4 nitrogen and oxygen atoms in total. The number of hydrogen-bond donors (Lipinski definition) is 0. The summed E-state index contributed by atoms with van der Waals surface area (Å²) < 4.78 is 8.39. The topological polar surface area (TPSA) is 43.6 Å². The van der Waals surface area contributed by atoms with Crippen LogP contribution in [0.5, 0.6) is 5.75 Å². The Labute approximate surface area is 157 Å². The molecule has 0 aliphatic heterocycles. The zero-order valence-electron chi connectivity index (χ0n) is 15.3. The quantitative estimate of drug-likeness (QED) is 0.636. The Morgan fingerprint density at radius 3 is 2.77 bits per heavy atom. The lowest BCUT2D eigenvalue weighted by molar-refractivity contribution is -0.117. The molecule has 1 aromatic heterocycles. The summed E-state index contributed by atoms with van der Waals surface area (Å²) in [6, 6.07) is 11.8. The normalized spacial score (nSPS) is 11.7. The van der Waals surface area contributed by atoms with Crippen molar-refractivity contribution in [3.8, 4) is 5.75 Å². The Kier molecular flexibility index (Phi) is 5.38. The van der Waals surface area contributed by atoms with Crippen LogP contribution in [0.4, 0.5) is 0 Å². The van der Waals surface area contributed by atoms with Gasteiger partial charge in [0.05, 0.1) is 23.7 Å². The van der Waals surface area contributed by atoms with E-state index in [1.165, 1.54) is 22.5 Å². The van der Waals surface area contributed by atoms with Crippen LogP contribution in [0.15, 0.2) is 54.0 Å². The highest BCUT2D eigenvalue weighted by Crippen LogP contribution is 2.22. The molecule has 0 atom stereocenters.